The van der Waals surface area contributed by atoms with Crippen LogP contribution in [-0.2, 0) is 15.1 Å². The van der Waals surface area contributed by atoms with Crippen molar-refractivity contribution in [2.24, 2.45) is 5.73 Å². The third-order valence-electron chi connectivity index (χ3n) is 5.80. The Morgan fingerprint density at radius 1 is 1.17 bits per heavy atom. The third-order valence-corrected chi connectivity index (χ3v) is 5.80. The van der Waals surface area contributed by atoms with E-state index in [1.165, 1.54) is 11.1 Å². The Balaban J connectivity index is 0.00000320. The molecule has 1 saturated heterocycles. The van der Waals surface area contributed by atoms with Crippen molar-refractivity contribution >= 4 is 18.7 Å². The van der Waals surface area contributed by atoms with Gasteiger partial charge < -0.3 is 20.0 Å². The monoisotopic (exact) mass is 432 g/mol. The van der Waals surface area contributed by atoms with Gasteiger partial charge in [0.05, 0.1) is 19.2 Å². The molecule has 1 heterocycles. The lowest BCUT2D eigenvalue weighted by Gasteiger charge is -2.54. The highest BCUT2D eigenvalue weighted by atomic mass is 35.5. The van der Waals surface area contributed by atoms with Crippen LogP contribution in [0.5, 0.6) is 5.75 Å². The molecule has 0 aromatic heterocycles. The first-order valence-corrected chi connectivity index (χ1v) is 10.3. The molecule has 164 valence electrons. The van der Waals surface area contributed by atoms with Gasteiger partial charge in [0.1, 0.15) is 17.6 Å². The van der Waals surface area contributed by atoms with Gasteiger partial charge in [-0.15, -0.1) is 12.4 Å². The zero-order valence-corrected chi connectivity index (χ0v) is 18.9. The molecule has 0 spiro atoms. The highest BCUT2D eigenvalue weighted by Gasteiger charge is 2.49. The number of ether oxygens (including phenoxy) is 2. The van der Waals surface area contributed by atoms with Crippen molar-refractivity contribution in [2.75, 3.05) is 26.8 Å². The summed E-state index contributed by atoms with van der Waals surface area (Å²) >= 11 is 0. The second-order valence-corrected chi connectivity index (χ2v) is 7.85. The van der Waals surface area contributed by atoms with Gasteiger partial charge in [-0.1, -0.05) is 49.7 Å². The predicted octanol–water partition coefficient (Wildman–Crippen LogP) is 4.02. The van der Waals surface area contributed by atoms with E-state index in [-0.39, 0.29) is 24.0 Å². The second kappa shape index (κ2) is 10.9. The predicted molar refractivity (Wildman–Crippen MR) is 122 cm³/mol. The molecule has 3 rings (SSSR count). The molecule has 1 aliphatic heterocycles. The number of halogens is 1. The summed E-state index contributed by atoms with van der Waals surface area (Å²) in [6.07, 6.45) is 2.96. The Morgan fingerprint density at radius 3 is 2.40 bits per heavy atom. The fraction of sp³-hybridized carbons (Fsp3) is 0.458. The molecular weight excluding hydrogens is 400 g/mol. The number of likely N-dealkylation sites (tertiary alicyclic amines) is 1. The normalized spacial score (nSPS) is 17.3. The molecule has 0 bridgehead atoms. The largest absolute Gasteiger partial charge is 0.497 e. The van der Waals surface area contributed by atoms with E-state index in [1.807, 2.05) is 24.3 Å². The summed E-state index contributed by atoms with van der Waals surface area (Å²) in [7, 11) is 1.64. The Labute approximate surface area is 186 Å². The smallest absolute Gasteiger partial charge is 0.138 e. The van der Waals surface area contributed by atoms with E-state index in [0.29, 0.717) is 13.1 Å². The van der Waals surface area contributed by atoms with Crippen molar-refractivity contribution in [2.45, 2.75) is 44.4 Å². The molecule has 2 atom stereocenters. The van der Waals surface area contributed by atoms with E-state index in [0.717, 1.165) is 37.0 Å². The van der Waals surface area contributed by atoms with Crippen molar-refractivity contribution in [3.8, 4) is 5.75 Å². The van der Waals surface area contributed by atoms with Gasteiger partial charge in [-0.2, -0.15) is 0 Å². The quantitative estimate of drug-likeness (QED) is 0.453. The fourth-order valence-electron chi connectivity index (χ4n) is 4.19. The van der Waals surface area contributed by atoms with E-state index in [1.54, 1.807) is 7.11 Å². The van der Waals surface area contributed by atoms with Crippen LogP contribution in [0.4, 0.5) is 0 Å². The standard InChI is InChI=1S/C24H32N2O3.ClH/c1-4-5-14-29-24(21-9-7-6-8-18(21)2)16-26(17-24)23(22(25)15-27)19-10-12-20(28-3)13-11-19;/h6-13,15,22-23H,4-5,14,16-17,25H2,1-3H3;1H. The molecule has 0 amide bonds. The summed E-state index contributed by atoms with van der Waals surface area (Å²) in [6.45, 7) is 6.44. The number of hydrogen-bond donors (Lipinski definition) is 1. The van der Waals surface area contributed by atoms with Crippen LogP contribution in [0.25, 0.3) is 0 Å². The number of benzene rings is 2. The number of aryl methyl sites for hydroxylation is 1. The van der Waals surface area contributed by atoms with Crippen LogP contribution in [0.2, 0.25) is 0 Å². The number of unbranched alkanes of at least 4 members (excludes halogenated alkanes) is 1. The minimum atomic E-state index is -0.603. The molecule has 0 radical (unpaired) electrons. The van der Waals surface area contributed by atoms with Crippen LogP contribution in [0, 0.1) is 6.92 Å². The van der Waals surface area contributed by atoms with E-state index in [4.69, 9.17) is 15.2 Å². The number of nitrogens with zero attached hydrogens (tertiary/aromatic N) is 1. The van der Waals surface area contributed by atoms with Crippen LogP contribution >= 0.6 is 12.4 Å². The van der Waals surface area contributed by atoms with Gasteiger partial charge in [-0.05, 0) is 42.2 Å². The minimum Gasteiger partial charge on any atom is -0.497 e. The van der Waals surface area contributed by atoms with E-state index < -0.39 is 6.04 Å². The molecule has 2 aromatic rings. The molecule has 6 heteroatoms. The molecule has 1 aliphatic rings. The lowest BCUT2D eigenvalue weighted by Crippen LogP contribution is -2.64. The van der Waals surface area contributed by atoms with Crippen LogP contribution in [0.3, 0.4) is 0 Å². The number of carbonyl (C=O) groups is 1. The topological polar surface area (TPSA) is 64.8 Å². The van der Waals surface area contributed by atoms with Gasteiger partial charge in [0, 0.05) is 19.7 Å². The number of methoxy groups -OCH3 is 1. The zero-order chi connectivity index (χ0) is 20.9. The first-order valence-electron chi connectivity index (χ1n) is 10.3. The van der Waals surface area contributed by atoms with Gasteiger partial charge in [-0.3, -0.25) is 4.90 Å². The maximum absolute atomic E-state index is 11.6. The van der Waals surface area contributed by atoms with Crippen LogP contribution in [0.15, 0.2) is 48.5 Å². The molecule has 5 nitrogen and oxygen atoms in total. The molecule has 2 N–H and O–H groups in total. The molecular formula is C24H33ClN2O3. The van der Waals surface area contributed by atoms with Crippen LogP contribution in [-0.4, -0.2) is 44.0 Å². The highest BCUT2D eigenvalue weighted by Crippen LogP contribution is 2.42. The number of carbonyl (C=O) groups excluding carboxylic acids is 1. The molecule has 0 aliphatic carbocycles. The zero-order valence-electron chi connectivity index (χ0n) is 18.0. The summed E-state index contributed by atoms with van der Waals surface area (Å²) in [6, 6.07) is 15.4. The fourth-order valence-corrected chi connectivity index (χ4v) is 4.19. The summed E-state index contributed by atoms with van der Waals surface area (Å²) in [4.78, 5) is 13.8. The average Bonchev–Trinajstić information content (AvgIpc) is 2.72. The van der Waals surface area contributed by atoms with Gasteiger partial charge in [0.2, 0.25) is 0 Å². The van der Waals surface area contributed by atoms with E-state index in [9.17, 15) is 4.79 Å². The van der Waals surface area contributed by atoms with Crippen molar-refractivity contribution in [1.29, 1.82) is 0 Å². The first kappa shape index (κ1) is 24.4. The summed E-state index contributed by atoms with van der Waals surface area (Å²) < 4.78 is 11.7. The summed E-state index contributed by atoms with van der Waals surface area (Å²) in [5.41, 5.74) is 9.33. The van der Waals surface area contributed by atoms with Crippen molar-refractivity contribution < 1.29 is 14.3 Å². The third kappa shape index (κ3) is 5.03. The summed E-state index contributed by atoms with van der Waals surface area (Å²) in [5, 5.41) is 0. The van der Waals surface area contributed by atoms with Crippen LogP contribution in [0.1, 0.15) is 42.5 Å². The van der Waals surface area contributed by atoms with Crippen molar-refractivity contribution in [3.63, 3.8) is 0 Å². The first-order chi connectivity index (χ1) is 14.0. The maximum atomic E-state index is 11.6. The molecule has 2 unspecified atom stereocenters. The number of aldehydes is 1. The Kier molecular flexibility index (Phi) is 8.86. The molecule has 0 saturated carbocycles. The lowest BCUT2D eigenvalue weighted by molar-refractivity contribution is -0.168. The average molecular weight is 433 g/mol. The maximum Gasteiger partial charge on any atom is 0.138 e. The highest BCUT2D eigenvalue weighted by molar-refractivity contribution is 5.85. The van der Waals surface area contributed by atoms with E-state index in [2.05, 4.69) is 43.0 Å². The Bertz CT molecular complexity index is 806. The number of nitrogens with two attached hydrogens (primary N) is 1. The second-order valence-electron chi connectivity index (χ2n) is 7.85. The molecule has 2 aromatic carbocycles. The van der Waals surface area contributed by atoms with Gasteiger partial charge >= 0.3 is 0 Å². The van der Waals surface area contributed by atoms with Crippen molar-refractivity contribution in [1.82, 2.24) is 4.90 Å². The number of rotatable bonds is 10. The Hall–Kier alpha value is -1.92. The van der Waals surface area contributed by atoms with Crippen molar-refractivity contribution in [3.05, 3.63) is 65.2 Å². The van der Waals surface area contributed by atoms with E-state index >= 15 is 0 Å². The van der Waals surface area contributed by atoms with Gasteiger partial charge in [-0.25, -0.2) is 0 Å². The van der Waals surface area contributed by atoms with Crippen LogP contribution < -0.4 is 10.5 Å². The van der Waals surface area contributed by atoms with Gasteiger partial charge in [0.25, 0.3) is 0 Å². The Morgan fingerprint density at radius 2 is 1.83 bits per heavy atom. The van der Waals surface area contributed by atoms with Gasteiger partial charge in [0.15, 0.2) is 0 Å². The summed E-state index contributed by atoms with van der Waals surface area (Å²) in [5.74, 6) is 0.785. The lowest BCUT2D eigenvalue weighted by atomic mass is 9.80. The minimum absolute atomic E-state index is 0. The number of hydrogen-bond acceptors (Lipinski definition) is 5. The molecule has 30 heavy (non-hydrogen) atoms. The molecule has 1 fully saturated rings. The SMILES string of the molecule is CCCCOC1(c2ccccc2C)CN(C(c2ccc(OC)cc2)C(N)C=O)C1.Cl.